The molecule has 1 N–H and O–H groups in total. The van der Waals surface area contributed by atoms with Gasteiger partial charge in [-0.15, -0.1) is 0 Å². The van der Waals surface area contributed by atoms with Crippen molar-refractivity contribution in [2.75, 3.05) is 6.54 Å². The lowest BCUT2D eigenvalue weighted by Crippen LogP contribution is -2.47. The summed E-state index contributed by atoms with van der Waals surface area (Å²) in [6.45, 7) is 4.85. The fraction of sp³-hybridized carbons (Fsp3) is 0.391. The Morgan fingerprint density at radius 2 is 1.79 bits per heavy atom. The molecule has 150 valence electrons. The first-order valence-corrected chi connectivity index (χ1v) is 10.2. The highest BCUT2D eigenvalue weighted by atomic mass is 35.5. The van der Waals surface area contributed by atoms with E-state index in [1.54, 1.807) is 17.9 Å². The highest BCUT2D eigenvalue weighted by Crippen LogP contribution is 2.16. The molecule has 1 atom stereocenters. The van der Waals surface area contributed by atoms with E-state index in [0.29, 0.717) is 31.0 Å². The van der Waals surface area contributed by atoms with Gasteiger partial charge in [-0.05, 0) is 43.0 Å². The number of hydrogen-bond acceptors (Lipinski definition) is 2. The topological polar surface area (TPSA) is 49.4 Å². The molecule has 28 heavy (non-hydrogen) atoms. The van der Waals surface area contributed by atoms with Gasteiger partial charge >= 0.3 is 0 Å². The lowest BCUT2D eigenvalue weighted by molar-refractivity contribution is -0.140. The number of nitrogens with zero attached hydrogens (tertiary/aromatic N) is 1. The van der Waals surface area contributed by atoms with Crippen LogP contribution in [-0.2, 0) is 22.6 Å². The van der Waals surface area contributed by atoms with Gasteiger partial charge in [-0.25, -0.2) is 0 Å². The van der Waals surface area contributed by atoms with Crippen LogP contribution in [0.5, 0.6) is 0 Å². The highest BCUT2D eigenvalue weighted by molar-refractivity contribution is 6.30. The summed E-state index contributed by atoms with van der Waals surface area (Å²) >= 11 is 6.09. The number of benzene rings is 2. The van der Waals surface area contributed by atoms with E-state index in [2.05, 4.69) is 12.2 Å². The molecule has 2 amide bonds. The minimum atomic E-state index is -0.542. The number of hydrogen-bond donors (Lipinski definition) is 1. The zero-order chi connectivity index (χ0) is 20.4. The van der Waals surface area contributed by atoms with Crippen LogP contribution in [0.15, 0.2) is 54.6 Å². The van der Waals surface area contributed by atoms with Crippen molar-refractivity contribution in [2.45, 2.75) is 52.1 Å². The van der Waals surface area contributed by atoms with E-state index in [-0.39, 0.29) is 11.8 Å². The SMILES string of the molecule is CCCCNC(=O)[C@@H](C)N(Cc1cccc(Cl)c1)C(=O)CCc1ccccc1. The van der Waals surface area contributed by atoms with E-state index in [1.807, 2.05) is 48.5 Å². The normalized spacial score (nSPS) is 11.7. The number of nitrogens with one attached hydrogen (secondary N) is 1. The molecule has 0 aromatic heterocycles. The van der Waals surface area contributed by atoms with E-state index in [4.69, 9.17) is 11.6 Å². The molecule has 0 bridgehead atoms. The maximum Gasteiger partial charge on any atom is 0.242 e. The first-order valence-electron chi connectivity index (χ1n) is 9.86. The second kappa shape index (κ2) is 11.5. The highest BCUT2D eigenvalue weighted by Gasteiger charge is 2.25. The summed E-state index contributed by atoms with van der Waals surface area (Å²) in [5, 5.41) is 3.55. The Labute approximate surface area is 172 Å². The summed E-state index contributed by atoms with van der Waals surface area (Å²) in [4.78, 5) is 27.2. The third-order valence-electron chi connectivity index (χ3n) is 4.71. The molecular weight excluding hydrogens is 372 g/mol. The van der Waals surface area contributed by atoms with Crippen LogP contribution >= 0.6 is 11.6 Å². The quantitative estimate of drug-likeness (QED) is 0.592. The molecule has 0 aliphatic heterocycles. The van der Waals surface area contributed by atoms with Crippen molar-refractivity contribution in [2.24, 2.45) is 0 Å². The molecule has 0 unspecified atom stereocenters. The maximum atomic E-state index is 13.0. The molecule has 0 aliphatic rings. The Hall–Kier alpha value is -2.33. The second-order valence-electron chi connectivity index (χ2n) is 6.96. The minimum Gasteiger partial charge on any atom is -0.354 e. The molecule has 0 saturated heterocycles. The molecule has 2 aromatic carbocycles. The third kappa shape index (κ3) is 7.01. The molecule has 4 nitrogen and oxygen atoms in total. The molecule has 2 aromatic rings. The van der Waals surface area contributed by atoms with Crippen LogP contribution < -0.4 is 5.32 Å². The second-order valence-corrected chi connectivity index (χ2v) is 7.39. The van der Waals surface area contributed by atoms with Crippen molar-refractivity contribution < 1.29 is 9.59 Å². The monoisotopic (exact) mass is 400 g/mol. The summed E-state index contributed by atoms with van der Waals surface area (Å²) in [6, 6.07) is 16.8. The minimum absolute atomic E-state index is 0.0398. The number of aryl methyl sites for hydroxylation is 1. The summed E-state index contributed by atoms with van der Waals surface area (Å²) in [5.74, 6) is -0.162. The van der Waals surface area contributed by atoms with Gasteiger partial charge in [0.2, 0.25) is 11.8 Å². The number of carbonyl (C=O) groups is 2. The zero-order valence-electron chi connectivity index (χ0n) is 16.7. The molecule has 0 spiro atoms. The van der Waals surface area contributed by atoms with Gasteiger partial charge < -0.3 is 10.2 Å². The Morgan fingerprint density at radius 1 is 1.07 bits per heavy atom. The van der Waals surface area contributed by atoms with Crippen LogP contribution in [0.1, 0.15) is 44.2 Å². The van der Waals surface area contributed by atoms with Crippen LogP contribution in [0.4, 0.5) is 0 Å². The lowest BCUT2D eigenvalue weighted by atomic mass is 10.1. The van der Waals surface area contributed by atoms with Gasteiger partial charge in [0.15, 0.2) is 0 Å². The molecule has 2 rings (SSSR count). The van der Waals surface area contributed by atoms with Gasteiger partial charge in [0, 0.05) is 24.5 Å². The van der Waals surface area contributed by atoms with Gasteiger partial charge in [-0.1, -0.05) is 67.4 Å². The van der Waals surface area contributed by atoms with E-state index >= 15 is 0 Å². The molecule has 0 heterocycles. The van der Waals surface area contributed by atoms with Gasteiger partial charge in [-0.3, -0.25) is 9.59 Å². The smallest absolute Gasteiger partial charge is 0.242 e. The lowest BCUT2D eigenvalue weighted by Gasteiger charge is -2.29. The van der Waals surface area contributed by atoms with Crippen LogP contribution in [-0.4, -0.2) is 29.3 Å². The summed E-state index contributed by atoms with van der Waals surface area (Å²) in [7, 11) is 0. The van der Waals surface area contributed by atoms with E-state index in [0.717, 1.165) is 24.0 Å². The van der Waals surface area contributed by atoms with Crippen LogP contribution in [0, 0.1) is 0 Å². The average molecular weight is 401 g/mol. The molecular formula is C23H29ClN2O2. The van der Waals surface area contributed by atoms with Gasteiger partial charge in [-0.2, -0.15) is 0 Å². The van der Waals surface area contributed by atoms with Crippen molar-refractivity contribution in [3.8, 4) is 0 Å². The molecule has 0 saturated carbocycles. The first kappa shape index (κ1) is 22.0. The van der Waals surface area contributed by atoms with Crippen LogP contribution in [0.25, 0.3) is 0 Å². The number of rotatable bonds is 10. The van der Waals surface area contributed by atoms with Crippen molar-refractivity contribution in [1.29, 1.82) is 0 Å². The third-order valence-corrected chi connectivity index (χ3v) is 4.94. The molecule has 0 fully saturated rings. The van der Waals surface area contributed by atoms with Crippen molar-refractivity contribution in [1.82, 2.24) is 10.2 Å². The summed E-state index contributed by atoms with van der Waals surface area (Å²) in [5.41, 5.74) is 2.02. The van der Waals surface area contributed by atoms with Gasteiger partial charge in [0.25, 0.3) is 0 Å². The van der Waals surface area contributed by atoms with Crippen molar-refractivity contribution in [3.05, 3.63) is 70.7 Å². The summed E-state index contributed by atoms with van der Waals surface area (Å²) in [6.07, 6.45) is 2.94. The predicted octanol–water partition coefficient (Wildman–Crippen LogP) is 4.61. The molecule has 0 radical (unpaired) electrons. The first-order chi connectivity index (χ1) is 13.5. The standard InChI is InChI=1S/C23H29ClN2O2/c1-3-4-15-25-23(28)18(2)26(17-20-11-8-12-21(24)16-20)22(27)14-13-19-9-6-5-7-10-19/h5-12,16,18H,3-4,13-15,17H2,1-2H3,(H,25,28)/t18-/m1/s1. The van der Waals surface area contributed by atoms with Crippen LogP contribution in [0.2, 0.25) is 5.02 Å². The number of halogens is 1. The Bertz CT molecular complexity index is 764. The Kier molecular flexibility index (Phi) is 9.02. The fourth-order valence-corrected chi connectivity index (χ4v) is 3.20. The van der Waals surface area contributed by atoms with Gasteiger partial charge in [0.1, 0.15) is 6.04 Å². The number of carbonyl (C=O) groups excluding carboxylic acids is 2. The average Bonchev–Trinajstić information content (AvgIpc) is 2.70. The van der Waals surface area contributed by atoms with E-state index in [1.165, 1.54) is 0 Å². The largest absolute Gasteiger partial charge is 0.354 e. The maximum absolute atomic E-state index is 13.0. The molecule has 0 aliphatic carbocycles. The summed E-state index contributed by atoms with van der Waals surface area (Å²) < 4.78 is 0. The Morgan fingerprint density at radius 3 is 2.46 bits per heavy atom. The van der Waals surface area contributed by atoms with Crippen LogP contribution in [0.3, 0.4) is 0 Å². The van der Waals surface area contributed by atoms with Crippen molar-refractivity contribution in [3.63, 3.8) is 0 Å². The zero-order valence-corrected chi connectivity index (χ0v) is 17.4. The predicted molar refractivity (Wildman–Crippen MR) is 114 cm³/mol. The fourth-order valence-electron chi connectivity index (χ4n) is 2.99. The Balaban J connectivity index is 2.09. The van der Waals surface area contributed by atoms with Gasteiger partial charge in [0.05, 0.1) is 0 Å². The number of amides is 2. The molecule has 5 heteroatoms. The van der Waals surface area contributed by atoms with E-state index < -0.39 is 6.04 Å². The van der Waals surface area contributed by atoms with E-state index in [9.17, 15) is 9.59 Å². The van der Waals surface area contributed by atoms with Crippen molar-refractivity contribution >= 4 is 23.4 Å². The number of unbranched alkanes of at least 4 members (excludes halogenated alkanes) is 1.